The third kappa shape index (κ3) is 25.8. The van der Waals surface area contributed by atoms with Gasteiger partial charge in [0.1, 0.15) is 34.2 Å². The van der Waals surface area contributed by atoms with Crippen LogP contribution in [-0.4, -0.2) is 121 Å². The fraction of sp³-hybridized carbons (Fsp3) is 0.420. The van der Waals surface area contributed by atoms with E-state index in [1.807, 2.05) is 0 Å². The number of carboxylic acid groups (broad SMARTS) is 1. The van der Waals surface area contributed by atoms with Gasteiger partial charge >= 0.3 is 55.0 Å². The van der Waals surface area contributed by atoms with Crippen molar-refractivity contribution in [3.05, 3.63) is 189 Å². The minimum atomic E-state index is -4.94. The number of carboxylic acids is 1. The van der Waals surface area contributed by atoms with Crippen LogP contribution in [0.5, 0.6) is 11.5 Å². The van der Waals surface area contributed by atoms with Crippen molar-refractivity contribution < 1.29 is 96.7 Å². The molecule has 2 aromatic heterocycles. The number of nitrogens with one attached hydrogen (secondary N) is 5. The molecule has 0 saturated heterocycles. The Morgan fingerprint density at radius 1 is 0.578 bits per heavy atom. The molecule has 6 aromatic rings. The van der Waals surface area contributed by atoms with Gasteiger partial charge in [-0.25, -0.2) is 18.4 Å². The number of urea groups is 2. The highest BCUT2D eigenvalue weighted by Gasteiger charge is 2.47. The molecule has 8 rings (SSSR count). The Bertz CT molecular complexity index is 3650. The van der Waals surface area contributed by atoms with Gasteiger partial charge in [-0.05, 0) is 116 Å². The maximum absolute atomic E-state index is 15.1. The summed E-state index contributed by atoms with van der Waals surface area (Å²) in [6, 6.07) is 24.8. The Hall–Kier alpha value is -8.38. The number of carbonyl (C=O) groups is 6. The van der Waals surface area contributed by atoms with E-state index in [9.17, 15) is 73.4 Å². The lowest BCUT2D eigenvalue weighted by Crippen LogP contribution is -2.57. The number of methoxy groups -OCH3 is 2. The quantitative estimate of drug-likeness (QED) is 0.0109. The molecule has 6 atom stereocenters. The van der Waals surface area contributed by atoms with Crippen LogP contribution < -0.4 is 41.8 Å². The number of aromatic nitrogens is 2. The smallest absolute Gasteiger partial charge is 0.461 e. The van der Waals surface area contributed by atoms with Crippen molar-refractivity contribution in [2.24, 2.45) is 17.6 Å². The van der Waals surface area contributed by atoms with Crippen LogP contribution in [0.4, 0.5) is 53.5 Å². The molecule has 19 nitrogen and oxygen atoms in total. The zero-order chi connectivity index (χ0) is 75.2. The second-order valence-corrected chi connectivity index (χ2v) is 24.9. The Labute approximate surface area is 601 Å². The SMILES string of the molecule is COC(=O)CCCN.COC(=O)CCCNC(=O)[C@H]1CCCC[C@H]1NC(=O)N[C@@](Cc1ccccc1)(c1cc(F)cc(OC(F)(F)C(F)F)c1)c1ccc(Cl)cn1.ClCCl.O=C(N[C@@H]1CCCC[C@@H]1C(=O)O)N[C@@](Cc1ccccc1)(c1cc(F)cc(OC(F)(F)C(F)F)c1)c1ccc(Cl)cn1. The van der Waals surface area contributed by atoms with Gasteiger partial charge in [0.25, 0.3) is 0 Å². The highest BCUT2D eigenvalue weighted by Crippen LogP contribution is 2.40. The van der Waals surface area contributed by atoms with E-state index in [0.717, 1.165) is 30.7 Å². The van der Waals surface area contributed by atoms with Crippen LogP contribution in [0.3, 0.4) is 0 Å². The molecular weight excluding hydrogens is 1450 g/mol. The van der Waals surface area contributed by atoms with Crippen molar-refractivity contribution in [3.63, 3.8) is 0 Å². The van der Waals surface area contributed by atoms with Gasteiger partial charge in [-0.1, -0.05) is 110 Å². The predicted octanol–water partition coefficient (Wildman–Crippen LogP) is 14.4. The number of halogens is 14. The number of esters is 2. The number of aliphatic carboxylic acids is 1. The molecule has 0 aliphatic heterocycles. The lowest BCUT2D eigenvalue weighted by Gasteiger charge is -2.37. The zero-order valence-corrected chi connectivity index (χ0v) is 58.0. The van der Waals surface area contributed by atoms with Crippen molar-refractivity contribution in [2.75, 3.05) is 32.6 Å². The number of ether oxygens (including phenoxy) is 4. The summed E-state index contributed by atoms with van der Waals surface area (Å²) in [5, 5.41) is 24.3. The summed E-state index contributed by atoms with van der Waals surface area (Å²) in [7, 11) is 2.65. The minimum absolute atomic E-state index is 0.0986. The van der Waals surface area contributed by atoms with Gasteiger partial charge in [0.15, 0.2) is 0 Å². The first kappa shape index (κ1) is 84.3. The number of amides is 5. The first-order chi connectivity index (χ1) is 48.4. The Balaban J connectivity index is 0.000000323. The number of benzene rings is 4. The Morgan fingerprint density at radius 2 is 0.971 bits per heavy atom. The van der Waals surface area contributed by atoms with Crippen LogP contribution in [0, 0.1) is 23.5 Å². The van der Waals surface area contributed by atoms with Gasteiger partial charge in [-0.2, -0.15) is 35.1 Å². The zero-order valence-electron chi connectivity index (χ0n) is 55.0. The number of hydrogen-bond donors (Lipinski definition) is 7. The molecule has 0 bridgehead atoms. The normalized spacial score (nSPS) is 16.9. The van der Waals surface area contributed by atoms with Crippen LogP contribution in [0.2, 0.25) is 10.0 Å². The minimum Gasteiger partial charge on any atom is -0.481 e. The average molecular weight is 1530 g/mol. The maximum atomic E-state index is 15.1. The van der Waals surface area contributed by atoms with E-state index >= 15 is 4.39 Å². The van der Waals surface area contributed by atoms with Gasteiger partial charge in [-0.3, -0.25) is 29.1 Å². The van der Waals surface area contributed by atoms with E-state index in [0.29, 0.717) is 94.0 Å². The summed E-state index contributed by atoms with van der Waals surface area (Å²) in [6.45, 7) is 0.773. The predicted molar refractivity (Wildman–Crippen MR) is 360 cm³/mol. The van der Waals surface area contributed by atoms with Crippen LogP contribution in [-0.2, 0) is 52.6 Å². The molecule has 2 aliphatic rings. The first-order valence-electron chi connectivity index (χ1n) is 31.7. The number of carbonyl (C=O) groups excluding carboxylic acids is 5. The molecule has 2 fully saturated rings. The van der Waals surface area contributed by atoms with Gasteiger partial charge in [0, 0.05) is 68.8 Å². The second kappa shape index (κ2) is 41.1. The van der Waals surface area contributed by atoms with E-state index in [1.165, 1.54) is 50.9 Å². The molecule has 2 aliphatic carbocycles. The largest absolute Gasteiger partial charge is 0.481 e. The lowest BCUT2D eigenvalue weighted by molar-refractivity contribution is -0.253. The van der Waals surface area contributed by atoms with Crippen LogP contribution in [0.25, 0.3) is 0 Å². The summed E-state index contributed by atoms with van der Waals surface area (Å²) in [5.74, 6) is -7.46. The second-order valence-electron chi connectivity index (χ2n) is 23.2. The lowest BCUT2D eigenvalue weighted by atomic mass is 9.80. The van der Waals surface area contributed by atoms with Crippen molar-refractivity contribution in [1.82, 2.24) is 36.6 Å². The monoisotopic (exact) mass is 1520 g/mol. The van der Waals surface area contributed by atoms with Crippen LogP contribution in [0.1, 0.15) is 111 Å². The van der Waals surface area contributed by atoms with Crippen molar-refractivity contribution in [1.29, 1.82) is 0 Å². The van der Waals surface area contributed by atoms with Crippen LogP contribution >= 0.6 is 46.4 Å². The number of hydrogen-bond acceptors (Lipinski definition) is 13. The fourth-order valence-corrected chi connectivity index (χ4v) is 11.5. The summed E-state index contributed by atoms with van der Waals surface area (Å²) in [4.78, 5) is 82.9. The van der Waals surface area contributed by atoms with Gasteiger partial charge in [0.2, 0.25) is 5.91 Å². The number of pyridine rings is 2. The third-order valence-corrected chi connectivity index (χ3v) is 16.5. The first-order valence-corrected chi connectivity index (χ1v) is 33.5. The van der Waals surface area contributed by atoms with E-state index in [2.05, 4.69) is 55.5 Å². The molecule has 102 heavy (non-hydrogen) atoms. The number of alkyl halides is 10. The van der Waals surface area contributed by atoms with Crippen molar-refractivity contribution in [2.45, 2.75) is 138 Å². The molecule has 0 radical (unpaired) electrons. The Morgan fingerprint density at radius 3 is 1.34 bits per heavy atom. The molecule has 0 spiro atoms. The molecule has 4 aromatic carbocycles. The van der Waals surface area contributed by atoms with Gasteiger partial charge in [0.05, 0.1) is 52.8 Å². The Kier molecular flexibility index (Phi) is 33.9. The molecular formula is C69H76Cl4F10N8O11. The van der Waals surface area contributed by atoms with Crippen molar-refractivity contribution >= 4 is 82.3 Å². The summed E-state index contributed by atoms with van der Waals surface area (Å²) in [5.41, 5.74) is 2.61. The number of rotatable bonds is 27. The summed E-state index contributed by atoms with van der Waals surface area (Å²) >= 11 is 21.7. The number of nitrogens with two attached hydrogens (primary N) is 1. The maximum Gasteiger partial charge on any atom is 0.461 e. The molecule has 8 N–H and O–H groups in total. The van der Waals surface area contributed by atoms with E-state index in [4.69, 9.17) is 52.1 Å². The molecule has 2 saturated carbocycles. The molecule has 556 valence electrons. The average Bonchev–Trinajstić information content (AvgIpc) is 0.765. The van der Waals surface area contributed by atoms with E-state index in [-0.39, 0.29) is 75.6 Å². The fourth-order valence-electron chi connectivity index (χ4n) is 11.3. The van der Waals surface area contributed by atoms with E-state index < -0.39 is 107 Å². The van der Waals surface area contributed by atoms with Crippen LogP contribution in [0.15, 0.2) is 134 Å². The van der Waals surface area contributed by atoms with Gasteiger partial charge in [-0.15, -0.1) is 23.2 Å². The topological polar surface area (TPSA) is 272 Å². The van der Waals surface area contributed by atoms with Crippen molar-refractivity contribution in [3.8, 4) is 11.5 Å². The summed E-state index contributed by atoms with van der Waals surface area (Å²) in [6.07, 6.45) is -9.80. The molecule has 5 amide bonds. The number of nitrogens with zero attached hydrogens (tertiary/aromatic N) is 2. The highest BCUT2D eigenvalue weighted by molar-refractivity contribution is 6.40. The standard InChI is InChI=1S/C34H36ClF5N4O5.C29H27ClF5N3O4.C5H11NO2.CH2Cl2/c1-48-29(45)12-7-15-41-30(46)26-10-5-6-11-27(26)43-32(47)44-33(19-21-8-3-2-4-9-21,28-14-13-23(35)20-42-28)22-16-24(36)18-25(17-22)49-34(39,40)31(37)38;30-19-10-11-24(36-16-19)28(15-17-6-2-1-3-7-17,38-27(41)37-23-9-5-4-8-22(23)25(39)40)18-12-20(31)14-21(13-18)42-29(34,35)26(32)33;1-8-5(7)3-2-4-6;2-1-3/h2-4,8-9,13-14,16-18,20,26-27,31H,5-7,10-12,15,19H2,1H3,(H,41,46)(H2,43,44,47);1-3,6-7,10-14,16,22-23,26H,4-5,8-9,15H2,(H,39,40)(H2,37,38,41);2-4,6H2,1H3;1H2/t26-,27+,33-;22-,23+,28-;;/m00../s1. The highest BCUT2D eigenvalue weighted by atomic mass is 35.5. The molecule has 33 heteroatoms. The van der Waals surface area contributed by atoms with E-state index in [1.54, 1.807) is 60.7 Å². The summed E-state index contributed by atoms with van der Waals surface area (Å²) < 4.78 is 155. The molecule has 2 heterocycles. The third-order valence-electron chi connectivity index (χ3n) is 16.1. The van der Waals surface area contributed by atoms with Gasteiger partial charge < -0.3 is 56.4 Å². The molecule has 0 unspecified atom stereocenters.